The molecule has 3 N–H and O–H groups in total. The number of hydrogen-bond donors (Lipinski definition) is 3. The molecule has 0 saturated carbocycles. The van der Waals surface area contributed by atoms with Gasteiger partial charge < -0.3 is 10.6 Å². The second-order valence-electron chi connectivity index (χ2n) is 9.27. The number of fused-ring (bicyclic) bond motifs is 3. The molecular formula is C21H25N9O2S2. The number of nitriles is 1. The van der Waals surface area contributed by atoms with E-state index in [4.69, 9.17) is 15.2 Å². The van der Waals surface area contributed by atoms with Crippen molar-refractivity contribution < 1.29 is 8.42 Å². The van der Waals surface area contributed by atoms with Crippen LogP contribution in [0.3, 0.4) is 0 Å². The zero-order chi connectivity index (χ0) is 23.4. The second kappa shape index (κ2) is 8.16. The Bertz CT molecular complexity index is 1360. The monoisotopic (exact) mass is 499 g/mol. The minimum Gasteiger partial charge on any atom is -0.351 e. The molecule has 0 amide bonds. The van der Waals surface area contributed by atoms with Crippen LogP contribution in [0.15, 0.2) is 17.5 Å². The van der Waals surface area contributed by atoms with Crippen molar-refractivity contribution in [2.24, 2.45) is 5.92 Å². The summed E-state index contributed by atoms with van der Waals surface area (Å²) in [6.45, 7) is 2.54. The van der Waals surface area contributed by atoms with Gasteiger partial charge in [-0.25, -0.2) is 4.98 Å². The van der Waals surface area contributed by atoms with E-state index in [9.17, 15) is 8.42 Å². The van der Waals surface area contributed by atoms with Crippen molar-refractivity contribution >= 4 is 49.3 Å². The molecular weight excluding hydrogens is 474 g/mol. The lowest BCUT2D eigenvalue weighted by molar-refractivity contribution is 0.182. The summed E-state index contributed by atoms with van der Waals surface area (Å²) in [6, 6.07) is 6.05. The molecule has 3 aromatic rings. The summed E-state index contributed by atoms with van der Waals surface area (Å²) in [5, 5.41) is 25.9. The van der Waals surface area contributed by atoms with Gasteiger partial charge in [0.05, 0.1) is 17.4 Å². The summed E-state index contributed by atoms with van der Waals surface area (Å²) < 4.78 is 29.5. The van der Waals surface area contributed by atoms with E-state index < -0.39 is 10.2 Å². The third kappa shape index (κ3) is 3.70. The van der Waals surface area contributed by atoms with Gasteiger partial charge in [0.15, 0.2) is 5.82 Å². The number of anilines is 3. The topological polar surface area (TPSA) is 143 Å². The van der Waals surface area contributed by atoms with Crippen molar-refractivity contribution in [1.29, 1.82) is 5.26 Å². The number of aromatic nitrogens is 4. The standard InChI is InChI=1S/C21H25N9O2S2/c1-12-6-18(28-27-12)24-19-17-4-5-33-20(17)26-21(25-19)23-14-7-15-2-3-16(8-14)30(15)34(31,32)29-10-13(9-22)11-29/h4-6,13-16H,2-3,7-8,10-11H2,1H3,(H3,23,24,25,26,27,28)/t14-,15-,16+. The summed E-state index contributed by atoms with van der Waals surface area (Å²) in [4.78, 5) is 10.3. The fourth-order valence-electron chi connectivity index (χ4n) is 5.27. The molecule has 6 rings (SSSR count). The van der Waals surface area contributed by atoms with Crippen LogP contribution in [0.5, 0.6) is 0 Å². The Morgan fingerprint density at radius 1 is 1.24 bits per heavy atom. The van der Waals surface area contributed by atoms with Gasteiger partial charge in [0.1, 0.15) is 10.6 Å². The van der Waals surface area contributed by atoms with Gasteiger partial charge >= 0.3 is 0 Å². The SMILES string of the molecule is Cc1cc(Nc2nc(N[C@@H]3C[C@H]4CC[C@@H](C3)N4S(=O)(=O)N3CC(C#N)C3)nc3sccc23)n[nH]1. The van der Waals surface area contributed by atoms with Gasteiger partial charge in [-0.05, 0) is 44.1 Å². The Kier molecular flexibility index (Phi) is 5.21. The van der Waals surface area contributed by atoms with E-state index in [1.807, 2.05) is 24.4 Å². The largest absolute Gasteiger partial charge is 0.351 e. The third-order valence-electron chi connectivity index (χ3n) is 6.90. The molecule has 0 spiro atoms. The van der Waals surface area contributed by atoms with E-state index in [0.717, 1.165) is 28.8 Å². The fraction of sp³-hybridized carbons (Fsp3) is 0.524. The van der Waals surface area contributed by atoms with Gasteiger partial charge in [0.2, 0.25) is 5.95 Å². The summed E-state index contributed by atoms with van der Waals surface area (Å²) in [5.74, 6) is 1.72. The average molecular weight is 500 g/mol. The molecule has 3 fully saturated rings. The Morgan fingerprint density at radius 2 is 2.00 bits per heavy atom. The number of piperidine rings is 1. The Morgan fingerprint density at radius 3 is 2.68 bits per heavy atom. The van der Waals surface area contributed by atoms with Crippen LogP contribution in [0, 0.1) is 24.2 Å². The van der Waals surface area contributed by atoms with Gasteiger partial charge in [-0.1, -0.05) is 0 Å². The Labute approximate surface area is 201 Å². The second-order valence-corrected chi connectivity index (χ2v) is 12.0. The summed E-state index contributed by atoms with van der Waals surface area (Å²) in [5.41, 5.74) is 0.954. The maximum Gasteiger partial charge on any atom is 0.282 e. The molecule has 3 aliphatic heterocycles. The number of rotatable bonds is 6. The van der Waals surface area contributed by atoms with Crippen molar-refractivity contribution in [3.8, 4) is 6.07 Å². The molecule has 34 heavy (non-hydrogen) atoms. The van der Waals surface area contributed by atoms with Gasteiger partial charge in [0.25, 0.3) is 10.2 Å². The third-order valence-corrected chi connectivity index (χ3v) is 9.79. The first kappa shape index (κ1) is 21.7. The molecule has 11 nitrogen and oxygen atoms in total. The molecule has 6 heterocycles. The fourth-order valence-corrected chi connectivity index (χ4v) is 8.17. The van der Waals surface area contributed by atoms with E-state index in [2.05, 4.69) is 26.9 Å². The van der Waals surface area contributed by atoms with Crippen LogP contribution in [-0.4, -0.2) is 68.4 Å². The maximum atomic E-state index is 13.2. The lowest BCUT2D eigenvalue weighted by Crippen LogP contribution is -2.59. The first-order chi connectivity index (χ1) is 16.4. The maximum absolute atomic E-state index is 13.2. The number of nitrogens with one attached hydrogen (secondary N) is 3. The number of aromatic amines is 1. The molecule has 0 aromatic carbocycles. The van der Waals surface area contributed by atoms with Crippen LogP contribution in [0.25, 0.3) is 10.2 Å². The molecule has 178 valence electrons. The van der Waals surface area contributed by atoms with E-state index in [-0.39, 0.29) is 24.0 Å². The van der Waals surface area contributed by atoms with Gasteiger partial charge in [0, 0.05) is 43.0 Å². The number of hydrogen-bond acceptors (Lipinski definition) is 9. The molecule has 13 heteroatoms. The van der Waals surface area contributed by atoms with Gasteiger partial charge in [-0.2, -0.15) is 32.4 Å². The molecule has 0 aliphatic carbocycles. The molecule has 3 aliphatic rings. The average Bonchev–Trinajstić information content (AvgIpc) is 3.46. The summed E-state index contributed by atoms with van der Waals surface area (Å²) >= 11 is 1.55. The molecule has 0 unspecified atom stereocenters. The smallest absolute Gasteiger partial charge is 0.282 e. The number of thiophene rings is 1. The van der Waals surface area contributed by atoms with Crippen molar-refractivity contribution in [1.82, 2.24) is 28.8 Å². The van der Waals surface area contributed by atoms with Crippen LogP contribution in [-0.2, 0) is 10.2 Å². The molecule has 2 bridgehead atoms. The van der Waals surface area contributed by atoms with Crippen molar-refractivity contribution in [3.05, 3.63) is 23.2 Å². The number of nitrogens with zero attached hydrogens (tertiary/aromatic N) is 6. The minimum absolute atomic E-state index is 0.0440. The number of H-pyrrole nitrogens is 1. The lowest BCUT2D eigenvalue weighted by atomic mass is 10.00. The molecule has 0 radical (unpaired) electrons. The van der Waals surface area contributed by atoms with E-state index in [1.54, 1.807) is 15.6 Å². The van der Waals surface area contributed by atoms with E-state index >= 15 is 0 Å². The molecule has 3 aromatic heterocycles. The van der Waals surface area contributed by atoms with Crippen LogP contribution >= 0.6 is 11.3 Å². The lowest BCUT2D eigenvalue weighted by Gasteiger charge is -2.43. The van der Waals surface area contributed by atoms with Crippen molar-refractivity contribution in [2.45, 2.75) is 50.7 Å². The van der Waals surface area contributed by atoms with Crippen molar-refractivity contribution in [2.75, 3.05) is 23.7 Å². The quantitative estimate of drug-likeness (QED) is 0.470. The number of aryl methyl sites for hydroxylation is 1. The highest BCUT2D eigenvalue weighted by Crippen LogP contribution is 2.41. The van der Waals surface area contributed by atoms with E-state index in [0.29, 0.717) is 43.5 Å². The van der Waals surface area contributed by atoms with Crippen LogP contribution < -0.4 is 10.6 Å². The minimum atomic E-state index is -3.52. The highest BCUT2D eigenvalue weighted by molar-refractivity contribution is 7.86. The van der Waals surface area contributed by atoms with Crippen LogP contribution in [0.2, 0.25) is 0 Å². The Balaban J connectivity index is 1.19. The van der Waals surface area contributed by atoms with E-state index in [1.165, 1.54) is 4.31 Å². The summed E-state index contributed by atoms with van der Waals surface area (Å²) in [6.07, 6.45) is 3.12. The van der Waals surface area contributed by atoms with Gasteiger partial charge in [-0.3, -0.25) is 5.10 Å². The predicted octanol–water partition coefficient (Wildman–Crippen LogP) is 2.57. The summed E-state index contributed by atoms with van der Waals surface area (Å²) in [7, 11) is -3.52. The first-order valence-corrected chi connectivity index (χ1v) is 13.7. The van der Waals surface area contributed by atoms with Gasteiger partial charge in [-0.15, -0.1) is 11.3 Å². The zero-order valence-corrected chi connectivity index (χ0v) is 20.2. The Hall–Kier alpha value is -2.79. The predicted molar refractivity (Wildman–Crippen MR) is 129 cm³/mol. The van der Waals surface area contributed by atoms with Crippen LogP contribution in [0.1, 0.15) is 31.4 Å². The zero-order valence-electron chi connectivity index (χ0n) is 18.6. The highest BCUT2D eigenvalue weighted by atomic mass is 32.2. The first-order valence-electron chi connectivity index (χ1n) is 11.4. The van der Waals surface area contributed by atoms with Crippen LogP contribution in [0.4, 0.5) is 17.6 Å². The van der Waals surface area contributed by atoms with Crippen molar-refractivity contribution in [3.63, 3.8) is 0 Å². The highest BCUT2D eigenvalue weighted by Gasteiger charge is 2.51. The normalized spacial score (nSPS) is 25.8. The molecule has 3 saturated heterocycles. The molecule has 3 atom stereocenters.